The Morgan fingerprint density at radius 2 is 2.00 bits per heavy atom. The number of rotatable bonds is 10. The Balaban J connectivity index is 1.74. The minimum atomic E-state index is 0.181. The number of nitrogens with two attached hydrogens (primary N) is 2. The van der Waals surface area contributed by atoms with Gasteiger partial charge in [-0.2, -0.15) is 0 Å². The highest BCUT2D eigenvalue weighted by Gasteiger charge is 2.16. The summed E-state index contributed by atoms with van der Waals surface area (Å²) in [5.74, 6) is 1.17. The maximum absolute atomic E-state index is 5.95. The van der Waals surface area contributed by atoms with E-state index in [1.807, 2.05) is 0 Å². The molecule has 0 atom stereocenters. The lowest BCUT2D eigenvalue weighted by atomic mass is 10.0. The van der Waals surface area contributed by atoms with Gasteiger partial charge in [-0.3, -0.25) is 4.99 Å². The van der Waals surface area contributed by atoms with E-state index in [1.54, 1.807) is 0 Å². The standard InChI is InChI=1S/C21H34N4O/c1-17(2)11-14-25-13-7-8-18-16-19(9-10-20(18)25)26-15-6-4-3-5-12-24-21(22)23/h9-11,16H,3-8,12-15H2,1-2H3,(H4,22,23,24). The molecular weight excluding hydrogens is 324 g/mol. The van der Waals surface area contributed by atoms with E-state index in [2.05, 4.69) is 48.0 Å². The second kappa shape index (κ2) is 10.7. The van der Waals surface area contributed by atoms with Crippen LogP contribution in [0.25, 0.3) is 0 Å². The number of hydrogen-bond acceptors (Lipinski definition) is 3. The molecule has 1 aromatic rings. The molecule has 0 spiro atoms. The average molecular weight is 359 g/mol. The van der Waals surface area contributed by atoms with Crippen LogP contribution in [0.4, 0.5) is 5.69 Å². The number of aliphatic imine (C=N–C) groups is 1. The summed E-state index contributed by atoms with van der Waals surface area (Å²) in [5.41, 5.74) is 14.8. The van der Waals surface area contributed by atoms with Crippen molar-refractivity contribution in [1.29, 1.82) is 0 Å². The molecule has 0 unspecified atom stereocenters. The fourth-order valence-corrected chi connectivity index (χ4v) is 3.19. The third kappa shape index (κ3) is 6.98. The molecule has 0 saturated heterocycles. The van der Waals surface area contributed by atoms with Gasteiger partial charge in [0.2, 0.25) is 0 Å². The van der Waals surface area contributed by atoms with Crippen LogP contribution in [0.15, 0.2) is 34.8 Å². The lowest BCUT2D eigenvalue weighted by Gasteiger charge is -2.31. The average Bonchev–Trinajstić information content (AvgIpc) is 2.61. The topological polar surface area (TPSA) is 76.9 Å². The zero-order valence-electron chi connectivity index (χ0n) is 16.3. The fraction of sp³-hybridized carbons (Fsp3) is 0.571. The summed E-state index contributed by atoms with van der Waals surface area (Å²) >= 11 is 0. The van der Waals surface area contributed by atoms with Crippen molar-refractivity contribution in [3.05, 3.63) is 35.4 Å². The van der Waals surface area contributed by atoms with E-state index >= 15 is 0 Å². The Hall–Kier alpha value is -2.17. The monoisotopic (exact) mass is 358 g/mol. The maximum Gasteiger partial charge on any atom is 0.185 e. The molecule has 26 heavy (non-hydrogen) atoms. The summed E-state index contributed by atoms with van der Waals surface area (Å²) in [6.45, 7) is 7.93. The molecule has 144 valence electrons. The molecule has 5 heteroatoms. The summed E-state index contributed by atoms with van der Waals surface area (Å²) in [7, 11) is 0. The van der Waals surface area contributed by atoms with Crippen molar-refractivity contribution >= 4 is 11.6 Å². The smallest absolute Gasteiger partial charge is 0.185 e. The molecule has 4 N–H and O–H groups in total. The predicted molar refractivity (Wildman–Crippen MR) is 111 cm³/mol. The van der Waals surface area contributed by atoms with Crippen LogP contribution in [0, 0.1) is 0 Å². The molecule has 0 bridgehead atoms. The van der Waals surface area contributed by atoms with Gasteiger partial charge in [0.1, 0.15) is 5.75 Å². The van der Waals surface area contributed by atoms with Crippen molar-refractivity contribution < 1.29 is 4.74 Å². The van der Waals surface area contributed by atoms with Crippen molar-refractivity contribution in [2.45, 2.75) is 52.4 Å². The first-order valence-corrected chi connectivity index (χ1v) is 9.75. The number of nitrogens with zero attached hydrogens (tertiary/aromatic N) is 2. The van der Waals surface area contributed by atoms with Gasteiger partial charge in [0.05, 0.1) is 6.61 Å². The number of hydrogen-bond donors (Lipinski definition) is 2. The summed E-state index contributed by atoms with van der Waals surface area (Å²) < 4.78 is 5.95. The van der Waals surface area contributed by atoms with E-state index in [1.165, 1.54) is 23.2 Å². The van der Waals surface area contributed by atoms with E-state index in [9.17, 15) is 0 Å². The highest BCUT2D eigenvalue weighted by atomic mass is 16.5. The quantitative estimate of drug-likeness (QED) is 0.290. The van der Waals surface area contributed by atoms with E-state index < -0.39 is 0 Å². The molecule has 0 aromatic heterocycles. The van der Waals surface area contributed by atoms with Gasteiger partial charge < -0.3 is 21.1 Å². The summed E-state index contributed by atoms with van der Waals surface area (Å²) in [5, 5.41) is 0. The first-order chi connectivity index (χ1) is 12.6. The second-order valence-corrected chi connectivity index (χ2v) is 7.19. The molecule has 1 aliphatic heterocycles. The number of anilines is 1. The van der Waals surface area contributed by atoms with Crippen LogP contribution in [-0.2, 0) is 6.42 Å². The minimum Gasteiger partial charge on any atom is -0.494 e. The van der Waals surface area contributed by atoms with Crippen molar-refractivity contribution in [3.63, 3.8) is 0 Å². The Bertz CT molecular complexity index is 616. The Morgan fingerprint density at radius 3 is 2.77 bits per heavy atom. The van der Waals surface area contributed by atoms with Crippen LogP contribution in [0.2, 0.25) is 0 Å². The van der Waals surface area contributed by atoms with Gasteiger partial charge in [-0.05, 0) is 69.7 Å². The summed E-state index contributed by atoms with van der Waals surface area (Å²) in [4.78, 5) is 6.46. The molecule has 0 amide bonds. The van der Waals surface area contributed by atoms with Gasteiger partial charge in [0, 0.05) is 25.3 Å². The first kappa shape index (κ1) is 20.1. The minimum absolute atomic E-state index is 0.181. The molecule has 0 aliphatic carbocycles. The normalized spacial score (nSPS) is 13.1. The lowest BCUT2D eigenvalue weighted by Crippen LogP contribution is -2.29. The Morgan fingerprint density at radius 1 is 1.19 bits per heavy atom. The van der Waals surface area contributed by atoms with Gasteiger partial charge >= 0.3 is 0 Å². The lowest BCUT2D eigenvalue weighted by molar-refractivity contribution is 0.304. The van der Waals surface area contributed by atoms with Crippen molar-refractivity contribution in [2.24, 2.45) is 16.5 Å². The molecule has 2 rings (SSSR count). The molecule has 0 saturated carbocycles. The van der Waals surface area contributed by atoms with Crippen LogP contribution in [0.1, 0.15) is 51.5 Å². The van der Waals surface area contributed by atoms with Gasteiger partial charge in [-0.25, -0.2) is 0 Å². The number of ether oxygens (including phenoxy) is 1. The van der Waals surface area contributed by atoms with Crippen LogP contribution in [0.3, 0.4) is 0 Å². The number of fused-ring (bicyclic) bond motifs is 1. The Kier molecular flexibility index (Phi) is 8.32. The molecule has 0 radical (unpaired) electrons. The number of allylic oxidation sites excluding steroid dienone is 1. The van der Waals surface area contributed by atoms with Gasteiger partial charge in [-0.15, -0.1) is 0 Å². The number of guanidine groups is 1. The van der Waals surface area contributed by atoms with Crippen molar-refractivity contribution in [3.8, 4) is 5.75 Å². The van der Waals surface area contributed by atoms with E-state index in [0.29, 0.717) is 0 Å². The number of benzene rings is 1. The molecule has 1 aromatic carbocycles. The zero-order valence-corrected chi connectivity index (χ0v) is 16.3. The van der Waals surface area contributed by atoms with Crippen LogP contribution >= 0.6 is 0 Å². The van der Waals surface area contributed by atoms with Gasteiger partial charge in [0.15, 0.2) is 5.96 Å². The van der Waals surface area contributed by atoms with Crippen LogP contribution in [-0.4, -0.2) is 32.2 Å². The molecule has 0 fully saturated rings. The zero-order chi connectivity index (χ0) is 18.8. The molecular formula is C21H34N4O. The molecule has 5 nitrogen and oxygen atoms in total. The highest BCUT2D eigenvalue weighted by molar-refractivity contribution is 5.75. The number of aryl methyl sites for hydroxylation is 1. The van der Waals surface area contributed by atoms with Crippen LogP contribution < -0.4 is 21.1 Å². The first-order valence-electron chi connectivity index (χ1n) is 9.75. The maximum atomic E-state index is 5.95. The van der Waals surface area contributed by atoms with E-state index in [0.717, 1.165) is 64.1 Å². The third-order valence-electron chi connectivity index (χ3n) is 4.60. The highest BCUT2D eigenvalue weighted by Crippen LogP contribution is 2.30. The molecule has 1 aliphatic rings. The fourth-order valence-electron chi connectivity index (χ4n) is 3.19. The SMILES string of the molecule is CC(C)=CCN1CCCc2cc(OCCCCCCN=C(N)N)ccc21. The summed E-state index contributed by atoms with van der Waals surface area (Å²) in [6, 6.07) is 6.55. The van der Waals surface area contributed by atoms with Crippen LogP contribution in [0.5, 0.6) is 5.75 Å². The largest absolute Gasteiger partial charge is 0.494 e. The van der Waals surface area contributed by atoms with E-state index in [-0.39, 0.29) is 5.96 Å². The number of unbranched alkanes of at least 4 members (excludes halogenated alkanes) is 3. The Labute approximate surface area is 158 Å². The second-order valence-electron chi connectivity index (χ2n) is 7.19. The van der Waals surface area contributed by atoms with Crippen molar-refractivity contribution in [1.82, 2.24) is 0 Å². The van der Waals surface area contributed by atoms with Gasteiger partial charge in [0.25, 0.3) is 0 Å². The third-order valence-corrected chi connectivity index (χ3v) is 4.60. The predicted octanol–water partition coefficient (Wildman–Crippen LogP) is 3.62. The van der Waals surface area contributed by atoms with Gasteiger partial charge in [-0.1, -0.05) is 18.1 Å². The summed E-state index contributed by atoms with van der Waals surface area (Å²) in [6.07, 6.45) is 9.01. The van der Waals surface area contributed by atoms with E-state index in [4.69, 9.17) is 16.2 Å². The molecule has 1 heterocycles. The van der Waals surface area contributed by atoms with Crippen molar-refractivity contribution in [2.75, 3.05) is 31.1 Å².